The molecule has 1 saturated heterocycles. The molecule has 1 fully saturated rings. The number of ether oxygens (including phenoxy) is 1. The zero-order chi connectivity index (χ0) is 22.6. The van der Waals surface area contributed by atoms with Gasteiger partial charge < -0.3 is 19.9 Å². The third-order valence-corrected chi connectivity index (χ3v) is 5.83. The summed E-state index contributed by atoms with van der Waals surface area (Å²) in [4.78, 5) is 34.8. The van der Waals surface area contributed by atoms with Gasteiger partial charge in [0.25, 0.3) is 5.91 Å². The van der Waals surface area contributed by atoms with Crippen molar-refractivity contribution in [1.29, 1.82) is 0 Å². The maximum Gasteiger partial charge on any atom is 0.272 e. The summed E-state index contributed by atoms with van der Waals surface area (Å²) in [7, 11) is 3.62. The summed E-state index contributed by atoms with van der Waals surface area (Å²) in [6.07, 6.45) is 4.10. The first-order valence-corrected chi connectivity index (χ1v) is 11.0. The fourth-order valence-corrected chi connectivity index (χ4v) is 3.94. The number of aromatic nitrogens is 2. The number of amides is 2. The van der Waals surface area contributed by atoms with Crippen LogP contribution < -0.4 is 10.6 Å². The number of imidazole rings is 1. The molecule has 3 heterocycles. The lowest BCUT2D eigenvalue weighted by molar-refractivity contribution is -0.124. The number of rotatable bonds is 6. The van der Waals surface area contributed by atoms with E-state index in [-0.39, 0.29) is 11.8 Å². The molecule has 1 unspecified atom stereocenters. The number of hydrogen-bond acceptors (Lipinski definition) is 6. The topological polar surface area (TPSA) is 91.7 Å². The zero-order valence-electron chi connectivity index (χ0n) is 19.4. The van der Waals surface area contributed by atoms with Crippen molar-refractivity contribution >= 4 is 17.9 Å². The molecule has 172 valence electrons. The average molecular weight is 433 g/mol. The van der Waals surface area contributed by atoms with Crippen LogP contribution in [0.4, 0.5) is 0 Å². The Bertz CT molecular complexity index is 820. The number of nitrogens with one attached hydrogen (secondary N) is 2. The number of carbonyl (C=O) groups is 2. The van der Waals surface area contributed by atoms with Crippen molar-refractivity contribution in [2.75, 3.05) is 53.5 Å². The predicted octanol–water partition coefficient (Wildman–Crippen LogP) is 0.564. The lowest BCUT2D eigenvalue weighted by Gasteiger charge is -2.30. The van der Waals surface area contributed by atoms with Crippen LogP contribution in [0, 0.1) is 5.41 Å². The van der Waals surface area contributed by atoms with Crippen molar-refractivity contribution in [2.24, 2.45) is 5.41 Å². The number of nitrogens with zero attached hydrogens (tertiary/aromatic N) is 4. The van der Waals surface area contributed by atoms with Gasteiger partial charge in [-0.2, -0.15) is 0 Å². The second kappa shape index (κ2) is 9.93. The highest BCUT2D eigenvalue weighted by atomic mass is 16.5. The van der Waals surface area contributed by atoms with Crippen molar-refractivity contribution in [1.82, 2.24) is 30.0 Å². The molecule has 0 bridgehead atoms. The van der Waals surface area contributed by atoms with Gasteiger partial charge in [-0.1, -0.05) is 26.8 Å². The molecule has 1 aromatic rings. The Morgan fingerprint density at radius 1 is 1.19 bits per heavy atom. The monoisotopic (exact) mass is 432 g/mol. The number of morpholine rings is 1. The quantitative estimate of drug-likeness (QED) is 0.683. The molecule has 9 heteroatoms. The molecular weight excluding hydrogens is 396 g/mol. The SMILES string of the molecule is CNC(=O)C(NC(=O)c1nc(C=CCN2CCOCC2)n2c1CN(C)CC2)C(C)(C)C. The van der Waals surface area contributed by atoms with Crippen molar-refractivity contribution in [3.63, 3.8) is 0 Å². The predicted molar refractivity (Wildman–Crippen MR) is 120 cm³/mol. The lowest BCUT2D eigenvalue weighted by atomic mass is 9.86. The van der Waals surface area contributed by atoms with E-state index >= 15 is 0 Å². The van der Waals surface area contributed by atoms with Crippen LogP contribution >= 0.6 is 0 Å². The lowest BCUT2D eigenvalue weighted by Crippen LogP contribution is -2.53. The molecule has 2 aliphatic rings. The number of hydrogen-bond donors (Lipinski definition) is 2. The maximum absolute atomic E-state index is 13.2. The Balaban J connectivity index is 1.82. The van der Waals surface area contributed by atoms with E-state index in [0.29, 0.717) is 12.2 Å². The Kier molecular flexibility index (Phi) is 7.51. The molecule has 2 amide bonds. The van der Waals surface area contributed by atoms with Crippen molar-refractivity contribution in [3.05, 3.63) is 23.3 Å². The molecule has 0 aliphatic carbocycles. The van der Waals surface area contributed by atoms with Gasteiger partial charge in [-0.15, -0.1) is 0 Å². The standard InChI is InChI=1S/C22H36N6O3/c1-22(2,3)19(21(30)23-4)25-20(29)18-16-15-26(5)9-10-28(16)17(24-18)7-6-8-27-11-13-31-14-12-27/h6-7,19H,8-15H2,1-5H3,(H,23,30)(H,25,29). The second-order valence-corrected chi connectivity index (χ2v) is 9.36. The minimum atomic E-state index is -0.649. The van der Waals surface area contributed by atoms with Crippen LogP contribution in [0.5, 0.6) is 0 Å². The van der Waals surface area contributed by atoms with E-state index in [1.165, 1.54) is 0 Å². The van der Waals surface area contributed by atoms with Crippen LogP contribution in [-0.2, 0) is 22.6 Å². The Hall–Kier alpha value is -2.23. The summed E-state index contributed by atoms with van der Waals surface area (Å²) in [5.41, 5.74) is 0.866. The molecule has 0 radical (unpaired) electrons. The van der Waals surface area contributed by atoms with Crippen molar-refractivity contribution in [3.8, 4) is 0 Å². The summed E-state index contributed by atoms with van der Waals surface area (Å²) < 4.78 is 7.52. The molecule has 2 aliphatic heterocycles. The molecule has 1 aromatic heterocycles. The first-order valence-electron chi connectivity index (χ1n) is 11.0. The average Bonchev–Trinajstić information content (AvgIpc) is 3.09. The van der Waals surface area contributed by atoms with Crippen LogP contribution in [0.2, 0.25) is 0 Å². The van der Waals surface area contributed by atoms with Gasteiger partial charge in [0.05, 0.1) is 18.9 Å². The van der Waals surface area contributed by atoms with Crippen LogP contribution in [0.25, 0.3) is 6.08 Å². The van der Waals surface area contributed by atoms with E-state index in [1.54, 1.807) is 7.05 Å². The molecule has 1 atom stereocenters. The molecule has 3 rings (SSSR count). The molecular formula is C22H36N6O3. The first kappa shape index (κ1) is 23.4. The molecule has 0 spiro atoms. The van der Waals surface area contributed by atoms with E-state index < -0.39 is 11.5 Å². The third kappa shape index (κ3) is 5.72. The van der Waals surface area contributed by atoms with Crippen LogP contribution in [0.15, 0.2) is 6.08 Å². The first-order chi connectivity index (χ1) is 14.7. The largest absolute Gasteiger partial charge is 0.379 e. The van der Waals surface area contributed by atoms with Gasteiger partial charge in [-0.3, -0.25) is 19.4 Å². The van der Waals surface area contributed by atoms with Gasteiger partial charge in [-0.05, 0) is 18.5 Å². The van der Waals surface area contributed by atoms with Gasteiger partial charge >= 0.3 is 0 Å². The molecule has 0 saturated carbocycles. The van der Waals surface area contributed by atoms with E-state index in [2.05, 4.69) is 31.1 Å². The zero-order valence-corrected chi connectivity index (χ0v) is 19.4. The van der Waals surface area contributed by atoms with Gasteiger partial charge in [-0.25, -0.2) is 4.98 Å². The normalized spacial score (nSPS) is 19.3. The number of carbonyl (C=O) groups excluding carboxylic acids is 2. The summed E-state index contributed by atoms with van der Waals surface area (Å²) in [5, 5.41) is 5.57. The Morgan fingerprint density at radius 2 is 1.90 bits per heavy atom. The van der Waals surface area contributed by atoms with E-state index in [9.17, 15) is 9.59 Å². The van der Waals surface area contributed by atoms with Gasteiger partial charge in [0.15, 0.2) is 5.69 Å². The molecule has 31 heavy (non-hydrogen) atoms. The number of fused-ring (bicyclic) bond motifs is 1. The summed E-state index contributed by atoms with van der Waals surface area (Å²) in [6, 6.07) is -0.649. The highest BCUT2D eigenvalue weighted by Gasteiger charge is 2.34. The van der Waals surface area contributed by atoms with Crippen molar-refractivity contribution in [2.45, 2.75) is 39.9 Å². The van der Waals surface area contributed by atoms with Crippen LogP contribution in [-0.4, -0.2) is 90.7 Å². The van der Waals surface area contributed by atoms with Gasteiger partial charge in [0.2, 0.25) is 5.91 Å². The van der Waals surface area contributed by atoms with Gasteiger partial charge in [0, 0.05) is 46.3 Å². The minimum Gasteiger partial charge on any atom is -0.379 e. The molecule has 0 aromatic carbocycles. The van der Waals surface area contributed by atoms with Crippen molar-refractivity contribution < 1.29 is 14.3 Å². The summed E-state index contributed by atoms with van der Waals surface area (Å²) in [6.45, 7) is 12.3. The van der Waals surface area contributed by atoms with Crippen LogP contribution in [0.1, 0.15) is 42.8 Å². The highest BCUT2D eigenvalue weighted by molar-refractivity contribution is 5.97. The second-order valence-electron chi connectivity index (χ2n) is 9.36. The smallest absolute Gasteiger partial charge is 0.272 e. The van der Waals surface area contributed by atoms with Crippen LogP contribution in [0.3, 0.4) is 0 Å². The fraction of sp³-hybridized carbons (Fsp3) is 0.682. The van der Waals surface area contributed by atoms with E-state index in [0.717, 1.165) is 57.5 Å². The third-order valence-electron chi connectivity index (χ3n) is 5.83. The van der Waals surface area contributed by atoms with E-state index in [1.807, 2.05) is 33.9 Å². The number of likely N-dealkylation sites (N-methyl/N-ethyl adjacent to an activating group) is 2. The Morgan fingerprint density at radius 3 is 2.55 bits per heavy atom. The summed E-state index contributed by atoms with van der Waals surface area (Å²) >= 11 is 0. The molecule has 9 nitrogen and oxygen atoms in total. The maximum atomic E-state index is 13.2. The van der Waals surface area contributed by atoms with Gasteiger partial charge in [0.1, 0.15) is 11.9 Å². The fourth-order valence-electron chi connectivity index (χ4n) is 3.94. The molecule has 2 N–H and O–H groups in total. The summed E-state index contributed by atoms with van der Waals surface area (Å²) in [5.74, 6) is 0.265. The minimum absolute atomic E-state index is 0.211. The Labute approximate surface area is 184 Å². The van der Waals surface area contributed by atoms with E-state index in [4.69, 9.17) is 9.72 Å². The highest BCUT2D eigenvalue weighted by Crippen LogP contribution is 2.23.